The van der Waals surface area contributed by atoms with Gasteiger partial charge in [0.15, 0.2) is 5.82 Å². The number of ether oxygens (including phenoxy) is 1. The Kier molecular flexibility index (Phi) is 3.22. The van der Waals surface area contributed by atoms with E-state index in [0.717, 1.165) is 36.1 Å². The molecule has 0 bridgehead atoms. The number of nitrogens with two attached hydrogens (primary N) is 1. The van der Waals surface area contributed by atoms with Gasteiger partial charge in [0.05, 0.1) is 5.60 Å². The van der Waals surface area contributed by atoms with E-state index in [4.69, 9.17) is 10.5 Å². The van der Waals surface area contributed by atoms with E-state index in [2.05, 4.69) is 10.2 Å². The highest BCUT2D eigenvalue weighted by Gasteiger charge is 2.38. The lowest BCUT2D eigenvalue weighted by atomic mass is 9.76. The first kappa shape index (κ1) is 13.1. The first-order chi connectivity index (χ1) is 9.63. The molecule has 1 aliphatic rings. The molecule has 106 valence electrons. The third-order valence-corrected chi connectivity index (χ3v) is 4.20. The molecular formula is C15H18FN3O. The van der Waals surface area contributed by atoms with Gasteiger partial charge in [-0.3, -0.25) is 5.10 Å². The Morgan fingerprint density at radius 1 is 1.35 bits per heavy atom. The standard InChI is InChI=1S/C15H18FN3O/c1-20-15(7-2-8-15)9-12-13(14(17)19-18-12)10-3-5-11(16)6-4-10/h3-6H,2,7-9H2,1H3,(H3,17,18,19). The van der Waals surface area contributed by atoms with Gasteiger partial charge in [-0.05, 0) is 37.0 Å². The molecule has 3 rings (SSSR count). The molecule has 20 heavy (non-hydrogen) atoms. The number of methoxy groups -OCH3 is 1. The van der Waals surface area contributed by atoms with Crippen molar-refractivity contribution in [3.63, 3.8) is 0 Å². The predicted octanol–water partition coefficient (Wildman–Crippen LogP) is 2.91. The number of nitrogens with one attached hydrogen (secondary N) is 1. The van der Waals surface area contributed by atoms with Crippen LogP contribution in [0.1, 0.15) is 25.0 Å². The lowest BCUT2D eigenvalue weighted by Crippen LogP contribution is -2.41. The van der Waals surface area contributed by atoms with Crippen LogP contribution in [0.25, 0.3) is 11.1 Å². The molecule has 1 saturated carbocycles. The number of anilines is 1. The van der Waals surface area contributed by atoms with E-state index in [0.29, 0.717) is 5.82 Å². The number of hydrogen-bond donors (Lipinski definition) is 2. The summed E-state index contributed by atoms with van der Waals surface area (Å²) in [7, 11) is 1.75. The molecule has 0 aliphatic heterocycles. The van der Waals surface area contributed by atoms with E-state index in [9.17, 15) is 4.39 Å². The molecule has 1 fully saturated rings. The van der Waals surface area contributed by atoms with Crippen molar-refractivity contribution in [2.75, 3.05) is 12.8 Å². The number of aromatic amines is 1. The number of H-pyrrole nitrogens is 1. The van der Waals surface area contributed by atoms with Gasteiger partial charge in [-0.15, -0.1) is 0 Å². The minimum absolute atomic E-state index is 0.103. The number of nitrogen functional groups attached to an aromatic ring is 1. The van der Waals surface area contributed by atoms with Gasteiger partial charge in [-0.1, -0.05) is 12.1 Å². The zero-order valence-corrected chi connectivity index (χ0v) is 11.4. The van der Waals surface area contributed by atoms with Crippen LogP contribution in [0.2, 0.25) is 0 Å². The SMILES string of the molecule is COC1(Cc2[nH]nc(N)c2-c2ccc(F)cc2)CCC1. The fourth-order valence-corrected chi connectivity index (χ4v) is 2.81. The van der Waals surface area contributed by atoms with E-state index in [-0.39, 0.29) is 11.4 Å². The Morgan fingerprint density at radius 2 is 2.05 bits per heavy atom. The Balaban J connectivity index is 1.95. The Morgan fingerprint density at radius 3 is 2.60 bits per heavy atom. The van der Waals surface area contributed by atoms with Crippen LogP contribution in [-0.2, 0) is 11.2 Å². The zero-order chi connectivity index (χ0) is 14.2. The lowest BCUT2D eigenvalue weighted by molar-refractivity contribution is -0.0713. The number of aromatic nitrogens is 2. The average Bonchev–Trinajstić information content (AvgIpc) is 2.76. The second-order valence-electron chi connectivity index (χ2n) is 5.39. The highest BCUT2D eigenvalue weighted by atomic mass is 19.1. The first-order valence-corrected chi connectivity index (χ1v) is 6.77. The van der Waals surface area contributed by atoms with E-state index < -0.39 is 0 Å². The van der Waals surface area contributed by atoms with E-state index >= 15 is 0 Å². The monoisotopic (exact) mass is 275 g/mol. The molecule has 1 aromatic carbocycles. The Hall–Kier alpha value is -1.88. The summed E-state index contributed by atoms with van der Waals surface area (Å²) in [5.41, 5.74) is 8.53. The molecule has 4 nitrogen and oxygen atoms in total. The van der Waals surface area contributed by atoms with Crippen LogP contribution in [0.15, 0.2) is 24.3 Å². The number of hydrogen-bond acceptors (Lipinski definition) is 3. The number of halogens is 1. The quantitative estimate of drug-likeness (QED) is 0.901. The normalized spacial score (nSPS) is 16.9. The maximum Gasteiger partial charge on any atom is 0.153 e. The van der Waals surface area contributed by atoms with Crippen molar-refractivity contribution in [2.24, 2.45) is 0 Å². The van der Waals surface area contributed by atoms with Crippen molar-refractivity contribution in [3.8, 4) is 11.1 Å². The van der Waals surface area contributed by atoms with Gasteiger partial charge >= 0.3 is 0 Å². The highest BCUT2D eigenvalue weighted by molar-refractivity contribution is 5.76. The fourth-order valence-electron chi connectivity index (χ4n) is 2.81. The fraction of sp³-hybridized carbons (Fsp3) is 0.400. The molecule has 2 aromatic rings. The molecule has 0 saturated heterocycles. The molecule has 1 heterocycles. The van der Waals surface area contributed by atoms with E-state index in [1.165, 1.54) is 18.6 Å². The van der Waals surface area contributed by atoms with Gasteiger partial charge in [-0.25, -0.2) is 4.39 Å². The predicted molar refractivity (Wildman–Crippen MR) is 75.7 cm³/mol. The van der Waals surface area contributed by atoms with Crippen LogP contribution < -0.4 is 5.73 Å². The average molecular weight is 275 g/mol. The molecule has 1 aliphatic carbocycles. The van der Waals surface area contributed by atoms with Gasteiger partial charge in [0.2, 0.25) is 0 Å². The summed E-state index contributed by atoms with van der Waals surface area (Å²) < 4.78 is 18.7. The van der Waals surface area contributed by atoms with Gasteiger partial charge < -0.3 is 10.5 Å². The van der Waals surface area contributed by atoms with Crippen LogP contribution in [0.4, 0.5) is 10.2 Å². The van der Waals surface area contributed by atoms with Crippen LogP contribution in [0.3, 0.4) is 0 Å². The van der Waals surface area contributed by atoms with Gasteiger partial charge in [0, 0.05) is 24.8 Å². The minimum Gasteiger partial charge on any atom is -0.382 e. The maximum atomic E-state index is 13.0. The molecule has 5 heteroatoms. The summed E-state index contributed by atoms with van der Waals surface area (Å²) in [6.07, 6.45) is 4.03. The molecule has 0 spiro atoms. The second kappa shape index (κ2) is 4.90. The van der Waals surface area contributed by atoms with E-state index in [1.54, 1.807) is 19.2 Å². The molecule has 1 aromatic heterocycles. The van der Waals surface area contributed by atoms with Crippen molar-refractivity contribution in [1.29, 1.82) is 0 Å². The number of benzene rings is 1. The first-order valence-electron chi connectivity index (χ1n) is 6.77. The Bertz CT molecular complexity index is 597. The smallest absolute Gasteiger partial charge is 0.153 e. The van der Waals surface area contributed by atoms with Crippen LogP contribution in [-0.4, -0.2) is 22.9 Å². The summed E-state index contributed by atoms with van der Waals surface area (Å²) in [5, 5.41) is 7.09. The molecule has 0 amide bonds. The summed E-state index contributed by atoms with van der Waals surface area (Å²) in [5.74, 6) is 0.182. The minimum atomic E-state index is -0.260. The lowest BCUT2D eigenvalue weighted by Gasteiger charge is -2.40. The number of nitrogens with zero attached hydrogens (tertiary/aromatic N) is 1. The summed E-state index contributed by atoms with van der Waals surface area (Å²) in [6, 6.07) is 6.31. The molecule has 0 radical (unpaired) electrons. The molecule has 3 N–H and O–H groups in total. The summed E-state index contributed by atoms with van der Waals surface area (Å²) in [6.45, 7) is 0. The molecule has 0 unspecified atom stereocenters. The van der Waals surface area contributed by atoms with Crippen LogP contribution in [0.5, 0.6) is 0 Å². The molecular weight excluding hydrogens is 257 g/mol. The largest absolute Gasteiger partial charge is 0.382 e. The van der Waals surface area contributed by atoms with Crippen molar-refractivity contribution < 1.29 is 9.13 Å². The van der Waals surface area contributed by atoms with Gasteiger partial charge in [-0.2, -0.15) is 5.10 Å². The zero-order valence-electron chi connectivity index (χ0n) is 11.4. The third kappa shape index (κ3) is 2.18. The Labute approximate surface area is 117 Å². The number of rotatable bonds is 4. The summed E-state index contributed by atoms with van der Waals surface area (Å²) in [4.78, 5) is 0. The third-order valence-electron chi connectivity index (χ3n) is 4.20. The maximum absolute atomic E-state index is 13.0. The second-order valence-corrected chi connectivity index (χ2v) is 5.39. The van der Waals surface area contributed by atoms with Crippen LogP contribution in [0, 0.1) is 5.82 Å². The van der Waals surface area contributed by atoms with E-state index in [1.807, 2.05) is 0 Å². The topological polar surface area (TPSA) is 63.9 Å². The van der Waals surface area contributed by atoms with Crippen molar-refractivity contribution in [2.45, 2.75) is 31.3 Å². The highest BCUT2D eigenvalue weighted by Crippen LogP contribution is 2.40. The summed E-state index contributed by atoms with van der Waals surface area (Å²) >= 11 is 0. The van der Waals surface area contributed by atoms with Gasteiger partial charge in [0.25, 0.3) is 0 Å². The van der Waals surface area contributed by atoms with Gasteiger partial charge in [0.1, 0.15) is 5.82 Å². The molecule has 0 atom stereocenters. The van der Waals surface area contributed by atoms with Crippen molar-refractivity contribution >= 4 is 5.82 Å². The van der Waals surface area contributed by atoms with Crippen molar-refractivity contribution in [3.05, 3.63) is 35.8 Å². The van der Waals surface area contributed by atoms with Crippen molar-refractivity contribution in [1.82, 2.24) is 10.2 Å². The van der Waals surface area contributed by atoms with Crippen LogP contribution >= 0.6 is 0 Å².